The minimum atomic E-state index is -3.52. The lowest BCUT2D eigenvalue weighted by Crippen LogP contribution is -2.24. The lowest BCUT2D eigenvalue weighted by molar-refractivity contribution is 0.237. The molecule has 0 aliphatic rings. The number of aryl methyl sites for hydroxylation is 1. The highest BCUT2D eigenvalue weighted by Gasteiger charge is 2.21. The normalized spacial score (nSPS) is 12.2. The Kier molecular flexibility index (Phi) is 7.37. The summed E-state index contributed by atoms with van der Waals surface area (Å²) in [5.41, 5.74) is 2.73. The van der Waals surface area contributed by atoms with Crippen LogP contribution in [0, 0.1) is 0 Å². The van der Waals surface area contributed by atoms with Crippen LogP contribution in [0.25, 0.3) is 11.0 Å². The van der Waals surface area contributed by atoms with E-state index in [2.05, 4.69) is 40.0 Å². The number of fused-ring (bicyclic) bond motifs is 1. The van der Waals surface area contributed by atoms with Gasteiger partial charge in [0.05, 0.1) is 29.6 Å². The number of imidazole rings is 1. The Morgan fingerprint density at radius 3 is 2.50 bits per heavy atom. The molecule has 0 atom stereocenters. The third kappa shape index (κ3) is 5.02. The summed E-state index contributed by atoms with van der Waals surface area (Å²) in [7, 11) is 1.24. The highest BCUT2D eigenvalue weighted by atomic mass is 32.2. The molecule has 2 heterocycles. The van der Waals surface area contributed by atoms with E-state index in [0.29, 0.717) is 18.6 Å². The highest BCUT2D eigenvalue weighted by molar-refractivity contribution is 7.89. The first-order valence-corrected chi connectivity index (χ1v) is 13.4. The quantitative estimate of drug-likeness (QED) is 0.320. The zero-order chi connectivity index (χ0) is 24.3. The van der Waals surface area contributed by atoms with E-state index in [1.165, 1.54) is 23.3 Å². The summed E-state index contributed by atoms with van der Waals surface area (Å²) in [5.74, 6) is 1.77. The molecule has 2 aromatic heterocycles. The third-order valence-electron chi connectivity index (χ3n) is 5.80. The number of ether oxygens (including phenoxy) is 1. The van der Waals surface area contributed by atoms with Crippen LogP contribution in [-0.2, 0) is 36.2 Å². The average Bonchev–Trinajstić information content (AvgIpc) is 3.45. The van der Waals surface area contributed by atoms with Crippen LogP contribution in [0.4, 0.5) is 0 Å². The zero-order valence-electron chi connectivity index (χ0n) is 19.9. The molecule has 7 nitrogen and oxygen atoms in total. The average molecular weight is 499 g/mol. The minimum absolute atomic E-state index is 0.252. The van der Waals surface area contributed by atoms with Crippen molar-refractivity contribution >= 4 is 32.4 Å². The van der Waals surface area contributed by atoms with Crippen molar-refractivity contribution in [2.45, 2.75) is 38.0 Å². The van der Waals surface area contributed by atoms with Crippen molar-refractivity contribution in [3.63, 3.8) is 0 Å². The number of thiophene rings is 1. The molecule has 0 bridgehead atoms. The Labute approximate surface area is 205 Å². The van der Waals surface area contributed by atoms with E-state index < -0.39 is 10.0 Å². The number of para-hydroxylation sites is 1. The molecule has 4 rings (SSSR count). The molecule has 0 spiro atoms. The number of hydrogen-bond acceptors (Lipinski definition) is 6. The molecule has 0 N–H and O–H groups in total. The van der Waals surface area contributed by atoms with Crippen LogP contribution in [0.1, 0.15) is 23.2 Å². The molecular weight excluding hydrogens is 468 g/mol. The van der Waals surface area contributed by atoms with E-state index in [1.807, 2.05) is 24.3 Å². The monoisotopic (exact) mass is 498 g/mol. The van der Waals surface area contributed by atoms with Gasteiger partial charge in [-0.05, 0) is 42.6 Å². The number of methoxy groups -OCH3 is 1. The summed E-state index contributed by atoms with van der Waals surface area (Å²) >= 11 is 1.73. The molecule has 0 amide bonds. The van der Waals surface area contributed by atoms with Crippen LogP contribution < -0.4 is 4.74 Å². The Morgan fingerprint density at radius 1 is 1.03 bits per heavy atom. The topological polar surface area (TPSA) is 67.7 Å². The van der Waals surface area contributed by atoms with Crippen molar-refractivity contribution in [2.75, 3.05) is 21.2 Å². The first-order valence-electron chi connectivity index (χ1n) is 11.1. The van der Waals surface area contributed by atoms with Crippen molar-refractivity contribution in [3.8, 4) is 5.75 Å². The first kappa shape index (κ1) is 24.4. The van der Waals surface area contributed by atoms with E-state index in [1.54, 1.807) is 30.6 Å². The minimum Gasteiger partial charge on any atom is -0.496 e. The molecule has 0 aliphatic heterocycles. The number of benzene rings is 2. The molecule has 9 heteroatoms. The summed E-state index contributed by atoms with van der Waals surface area (Å²) in [6.07, 6.45) is 0. The van der Waals surface area contributed by atoms with Gasteiger partial charge in [-0.25, -0.2) is 17.7 Å². The lowest BCUT2D eigenvalue weighted by Gasteiger charge is -2.23. The zero-order valence-corrected chi connectivity index (χ0v) is 21.6. The van der Waals surface area contributed by atoms with Gasteiger partial charge in [0.15, 0.2) is 0 Å². The van der Waals surface area contributed by atoms with Gasteiger partial charge in [0, 0.05) is 44.2 Å². The molecule has 0 fully saturated rings. The molecule has 0 saturated carbocycles. The molecule has 34 heavy (non-hydrogen) atoms. The van der Waals surface area contributed by atoms with Gasteiger partial charge in [0.25, 0.3) is 0 Å². The molecule has 0 aliphatic carbocycles. The standard InChI is InChI=1S/C25H30N4O3S2/c1-5-29-23-13-12-21(34(30,31)27(2)3)15-22(23)26-25(29)18-28(17-20-10-8-14-33-20)16-19-9-6-7-11-24(19)32-4/h6-15H,5,16-18H2,1-4H3. The largest absolute Gasteiger partial charge is 0.496 e. The fourth-order valence-corrected chi connectivity index (χ4v) is 5.74. The molecule has 2 aromatic carbocycles. The number of hydrogen-bond donors (Lipinski definition) is 0. The Bertz CT molecular complexity index is 1360. The molecular formula is C25H30N4O3S2. The van der Waals surface area contributed by atoms with Crippen LogP contribution in [0.5, 0.6) is 5.75 Å². The number of sulfonamides is 1. The summed E-state index contributed by atoms with van der Waals surface area (Å²) in [5, 5.41) is 2.09. The molecule has 4 aromatic rings. The van der Waals surface area contributed by atoms with Gasteiger partial charge in [0.1, 0.15) is 11.6 Å². The first-order chi connectivity index (χ1) is 16.3. The molecule has 180 valence electrons. The Balaban J connectivity index is 1.70. The predicted octanol–water partition coefficient (Wildman–Crippen LogP) is 4.58. The second kappa shape index (κ2) is 10.3. The molecule has 0 radical (unpaired) electrons. The van der Waals surface area contributed by atoms with E-state index in [9.17, 15) is 8.42 Å². The smallest absolute Gasteiger partial charge is 0.242 e. The van der Waals surface area contributed by atoms with E-state index in [-0.39, 0.29) is 4.90 Å². The summed E-state index contributed by atoms with van der Waals surface area (Å²) in [4.78, 5) is 8.75. The number of rotatable bonds is 10. The van der Waals surface area contributed by atoms with Gasteiger partial charge < -0.3 is 9.30 Å². The van der Waals surface area contributed by atoms with Gasteiger partial charge >= 0.3 is 0 Å². The van der Waals surface area contributed by atoms with Crippen molar-refractivity contribution in [3.05, 3.63) is 76.2 Å². The fraction of sp³-hybridized carbons (Fsp3) is 0.320. The second-order valence-corrected chi connectivity index (χ2v) is 11.4. The van der Waals surface area contributed by atoms with Gasteiger partial charge in [-0.15, -0.1) is 11.3 Å². The van der Waals surface area contributed by atoms with Gasteiger partial charge in [-0.2, -0.15) is 0 Å². The third-order valence-corrected chi connectivity index (χ3v) is 8.48. The lowest BCUT2D eigenvalue weighted by atomic mass is 10.2. The molecule has 0 unspecified atom stereocenters. The summed E-state index contributed by atoms with van der Waals surface area (Å²) < 4.78 is 34.2. The van der Waals surface area contributed by atoms with Gasteiger partial charge in [-0.1, -0.05) is 24.3 Å². The van der Waals surface area contributed by atoms with E-state index in [4.69, 9.17) is 9.72 Å². The Morgan fingerprint density at radius 2 is 1.82 bits per heavy atom. The maximum absolute atomic E-state index is 12.6. The second-order valence-electron chi connectivity index (χ2n) is 8.25. The van der Waals surface area contributed by atoms with Gasteiger partial charge in [0.2, 0.25) is 10.0 Å². The van der Waals surface area contributed by atoms with Crippen molar-refractivity contribution in [2.24, 2.45) is 0 Å². The summed E-state index contributed by atoms with van der Waals surface area (Å²) in [6, 6.07) is 17.5. The maximum Gasteiger partial charge on any atom is 0.242 e. The van der Waals surface area contributed by atoms with Crippen LogP contribution in [0.2, 0.25) is 0 Å². The fourth-order valence-electron chi connectivity index (χ4n) is 4.07. The van der Waals surface area contributed by atoms with Gasteiger partial charge in [-0.3, -0.25) is 4.90 Å². The van der Waals surface area contributed by atoms with Crippen molar-refractivity contribution in [1.82, 2.24) is 18.8 Å². The highest BCUT2D eigenvalue weighted by Crippen LogP contribution is 2.26. The maximum atomic E-state index is 12.6. The number of nitrogens with zero attached hydrogens (tertiary/aromatic N) is 4. The summed E-state index contributed by atoms with van der Waals surface area (Å²) in [6.45, 7) is 4.93. The Hall–Kier alpha value is -2.72. The van der Waals surface area contributed by atoms with Crippen LogP contribution >= 0.6 is 11.3 Å². The predicted molar refractivity (Wildman–Crippen MR) is 137 cm³/mol. The van der Waals surface area contributed by atoms with E-state index >= 15 is 0 Å². The van der Waals surface area contributed by atoms with Crippen LogP contribution in [0.3, 0.4) is 0 Å². The molecule has 0 saturated heterocycles. The van der Waals surface area contributed by atoms with Crippen LogP contribution in [-0.4, -0.2) is 48.4 Å². The van der Waals surface area contributed by atoms with E-state index in [0.717, 1.165) is 35.7 Å². The van der Waals surface area contributed by atoms with Crippen LogP contribution in [0.15, 0.2) is 64.9 Å². The van der Waals surface area contributed by atoms with Crippen molar-refractivity contribution in [1.29, 1.82) is 0 Å². The van der Waals surface area contributed by atoms with Crippen molar-refractivity contribution < 1.29 is 13.2 Å². The number of aromatic nitrogens is 2. The SMILES string of the molecule is CCn1c(CN(Cc2cccs2)Cc2ccccc2OC)nc2cc(S(=O)(=O)N(C)C)ccc21.